The second-order valence-electron chi connectivity index (χ2n) is 3.75. The number of halogens is 1. The molecule has 2 aromatic heterocycles. The summed E-state index contributed by atoms with van der Waals surface area (Å²) >= 11 is 7.65. The third kappa shape index (κ3) is 2.92. The monoisotopic (exact) mass is 268 g/mol. The minimum atomic E-state index is 0.403. The van der Waals surface area contributed by atoms with Crippen LogP contribution in [0.3, 0.4) is 0 Å². The Morgan fingerprint density at radius 3 is 2.53 bits per heavy atom. The summed E-state index contributed by atoms with van der Waals surface area (Å²) in [6.45, 7) is 6.40. The van der Waals surface area contributed by atoms with E-state index in [0.717, 1.165) is 22.1 Å². The average molecular weight is 269 g/mol. The van der Waals surface area contributed by atoms with E-state index in [2.05, 4.69) is 20.3 Å². The van der Waals surface area contributed by atoms with E-state index in [-0.39, 0.29) is 0 Å². The topological polar surface area (TPSA) is 50.7 Å². The zero-order chi connectivity index (χ0) is 12.4. The standard InChI is InChI=1S/C11H13ClN4S/c1-6-7(2)15-11(10(12)14-6)13-4-9-5-17-8(3)16-9/h5H,4H2,1-3H3,(H,13,15). The van der Waals surface area contributed by atoms with Crippen LogP contribution in [0.1, 0.15) is 22.1 Å². The number of nitrogens with zero attached hydrogens (tertiary/aromatic N) is 3. The van der Waals surface area contributed by atoms with Gasteiger partial charge in [0.15, 0.2) is 11.0 Å². The normalized spacial score (nSPS) is 10.6. The van der Waals surface area contributed by atoms with Crippen molar-refractivity contribution in [1.29, 1.82) is 0 Å². The summed E-state index contributed by atoms with van der Waals surface area (Å²) in [5, 5.41) is 6.63. The van der Waals surface area contributed by atoms with Crippen molar-refractivity contribution in [3.8, 4) is 0 Å². The summed E-state index contributed by atoms with van der Waals surface area (Å²) < 4.78 is 0. The maximum absolute atomic E-state index is 6.02. The van der Waals surface area contributed by atoms with E-state index in [1.54, 1.807) is 11.3 Å². The van der Waals surface area contributed by atoms with Crippen LogP contribution in [0.2, 0.25) is 5.15 Å². The van der Waals surface area contributed by atoms with Gasteiger partial charge in [-0.3, -0.25) is 0 Å². The number of aromatic nitrogens is 3. The molecular formula is C11H13ClN4S. The molecule has 0 fully saturated rings. The van der Waals surface area contributed by atoms with Crippen LogP contribution < -0.4 is 5.32 Å². The zero-order valence-corrected chi connectivity index (χ0v) is 11.5. The van der Waals surface area contributed by atoms with E-state index in [1.165, 1.54) is 0 Å². The molecule has 0 saturated heterocycles. The number of rotatable bonds is 3. The Morgan fingerprint density at radius 2 is 1.88 bits per heavy atom. The fourth-order valence-corrected chi connectivity index (χ4v) is 2.20. The first-order valence-corrected chi connectivity index (χ1v) is 6.47. The van der Waals surface area contributed by atoms with Gasteiger partial charge < -0.3 is 5.32 Å². The Balaban J connectivity index is 2.11. The first-order chi connectivity index (χ1) is 8.06. The third-order valence-corrected chi connectivity index (χ3v) is 3.45. The highest BCUT2D eigenvalue weighted by Gasteiger charge is 2.07. The van der Waals surface area contributed by atoms with Crippen molar-refractivity contribution in [3.63, 3.8) is 0 Å². The highest BCUT2D eigenvalue weighted by molar-refractivity contribution is 7.09. The van der Waals surface area contributed by atoms with Gasteiger partial charge in [-0.2, -0.15) is 0 Å². The molecular weight excluding hydrogens is 256 g/mol. The number of thiazole rings is 1. The molecule has 2 rings (SSSR count). The quantitative estimate of drug-likeness (QED) is 0.929. The van der Waals surface area contributed by atoms with Gasteiger partial charge in [-0.05, 0) is 20.8 Å². The van der Waals surface area contributed by atoms with Gasteiger partial charge in [0.1, 0.15) is 0 Å². The molecule has 4 nitrogen and oxygen atoms in total. The zero-order valence-electron chi connectivity index (χ0n) is 9.91. The Morgan fingerprint density at radius 1 is 1.18 bits per heavy atom. The SMILES string of the molecule is Cc1nc(CNc2nc(C)c(C)nc2Cl)cs1. The summed E-state index contributed by atoms with van der Waals surface area (Å²) in [7, 11) is 0. The van der Waals surface area contributed by atoms with Crippen LogP contribution in [0.15, 0.2) is 5.38 Å². The van der Waals surface area contributed by atoms with E-state index >= 15 is 0 Å². The van der Waals surface area contributed by atoms with Crippen molar-refractivity contribution in [2.24, 2.45) is 0 Å². The van der Waals surface area contributed by atoms with E-state index in [4.69, 9.17) is 11.6 Å². The molecule has 0 unspecified atom stereocenters. The second kappa shape index (κ2) is 4.98. The van der Waals surface area contributed by atoms with Crippen molar-refractivity contribution in [2.45, 2.75) is 27.3 Å². The second-order valence-corrected chi connectivity index (χ2v) is 5.17. The molecule has 2 heterocycles. The summed E-state index contributed by atoms with van der Waals surface area (Å²) in [6, 6.07) is 0. The molecule has 90 valence electrons. The van der Waals surface area contributed by atoms with Gasteiger partial charge in [-0.1, -0.05) is 11.6 Å². The molecule has 17 heavy (non-hydrogen) atoms. The van der Waals surface area contributed by atoms with E-state index in [9.17, 15) is 0 Å². The van der Waals surface area contributed by atoms with Crippen LogP contribution >= 0.6 is 22.9 Å². The van der Waals surface area contributed by atoms with Gasteiger partial charge in [0.2, 0.25) is 0 Å². The van der Waals surface area contributed by atoms with Gasteiger partial charge in [-0.15, -0.1) is 11.3 Å². The first kappa shape index (κ1) is 12.3. The number of hydrogen-bond donors (Lipinski definition) is 1. The maximum Gasteiger partial charge on any atom is 0.171 e. The van der Waals surface area contributed by atoms with Crippen molar-refractivity contribution in [3.05, 3.63) is 32.6 Å². The highest BCUT2D eigenvalue weighted by atomic mass is 35.5. The average Bonchev–Trinajstić information content (AvgIpc) is 2.68. The molecule has 0 atom stereocenters. The van der Waals surface area contributed by atoms with Gasteiger partial charge in [0.05, 0.1) is 28.6 Å². The summed E-state index contributed by atoms with van der Waals surface area (Å²) in [4.78, 5) is 12.9. The van der Waals surface area contributed by atoms with Crippen LogP contribution in [0.4, 0.5) is 5.82 Å². The van der Waals surface area contributed by atoms with Crippen molar-refractivity contribution in [2.75, 3.05) is 5.32 Å². The van der Waals surface area contributed by atoms with Crippen LogP contribution in [-0.2, 0) is 6.54 Å². The molecule has 0 aliphatic heterocycles. The lowest BCUT2D eigenvalue weighted by Crippen LogP contribution is -2.05. The lowest BCUT2D eigenvalue weighted by molar-refractivity contribution is 0.994. The summed E-state index contributed by atoms with van der Waals surface area (Å²) in [5.41, 5.74) is 2.72. The minimum Gasteiger partial charge on any atom is -0.362 e. The van der Waals surface area contributed by atoms with Crippen LogP contribution in [-0.4, -0.2) is 15.0 Å². The van der Waals surface area contributed by atoms with E-state index in [1.807, 2.05) is 26.2 Å². The summed E-state index contributed by atoms with van der Waals surface area (Å²) in [6.07, 6.45) is 0. The number of anilines is 1. The third-order valence-electron chi connectivity index (χ3n) is 2.37. The molecule has 6 heteroatoms. The maximum atomic E-state index is 6.02. The van der Waals surface area contributed by atoms with Gasteiger partial charge >= 0.3 is 0 Å². The molecule has 0 aromatic carbocycles. The molecule has 0 aliphatic rings. The smallest absolute Gasteiger partial charge is 0.171 e. The van der Waals surface area contributed by atoms with Crippen LogP contribution in [0.5, 0.6) is 0 Å². The predicted molar refractivity (Wildman–Crippen MR) is 70.7 cm³/mol. The number of aryl methyl sites for hydroxylation is 3. The largest absolute Gasteiger partial charge is 0.362 e. The molecule has 1 N–H and O–H groups in total. The predicted octanol–water partition coefficient (Wildman–Crippen LogP) is 3.12. The number of hydrogen-bond acceptors (Lipinski definition) is 5. The van der Waals surface area contributed by atoms with Crippen molar-refractivity contribution >= 4 is 28.8 Å². The highest BCUT2D eigenvalue weighted by Crippen LogP contribution is 2.19. The first-order valence-electron chi connectivity index (χ1n) is 5.22. The molecule has 0 radical (unpaired) electrons. The van der Waals surface area contributed by atoms with Crippen LogP contribution in [0, 0.1) is 20.8 Å². The van der Waals surface area contributed by atoms with E-state index < -0.39 is 0 Å². The van der Waals surface area contributed by atoms with Crippen molar-refractivity contribution in [1.82, 2.24) is 15.0 Å². The Kier molecular flexibility index (Phi) is 3.59. The Bertz CT molecular complexity index is 538. The Hall–Kier alpha value is -1.20. The molecule has 0 spiro atoms. The lowest BCUT2D eigenvalue weighted by Gasteiger charge is -2.07. The summed E-state index contributed by atoms with van der Waals surface area (Å²) in [5.74, 6) is 0.611. The lowest BCUT2D eigenvalue weighted by atomic mass is 10.3. The van der Waals surface area contributed by atoms with Gasteiger partial charge in [-0.25, -0.2) is 15.0 Å². The van der Waals surface area contributed by atoms with Gasteiger partial charge in [0.25, 0.3) is 0 Å². The molecule has 0 amide bonds. The number of nitrogens with one attached hydrogen (secondary N) is 1. The molecule has 0 aliphatic carbocycles. The fourth-order valence-electron chi connectivity index (χ4n) is 1.35. The fraction of sp³-hybridized carbons (Fsp3) is 0.364. The van der Waals surface area contributed by atoms with Crippen LogP contribution in [0.25, 0.3) is 0 Å². The molecule has 0 saturated carbocycles. The van der Waals surface area contributed by atoms with Crippen molar-refractivity contribution < 1.29 is 0 Å². The molecule has 2 aromatic rings. The van der Waals surface area contributed by atoms with E-state index in [0.29, 0.717) is 17.5 Å². The Labute approximate surface area is 109 Å². The van der Waals surface area contributed by atoms with Gasteiger partial charge in [0, 0.05) is 5.38 Å². The minimum absolute atomic E-state index is 0.403. The molecule has 0 bridgehead atoms.